The van der Waals surface area contributed by atoms with Crippen molar-refractivity contribution in [2.24, 2.45) is 5.92 Å². The maximum absolute atomic E-state index is 12.2. The third kappa shape index (κ3) is 5.12. The Hall–Kier alpha value is -1.78. The fourth-order valence-corrected chi connectivity index (χ4v) is 3.24. The fraction of sp³-hybridized carbons (Fsp3) is 0.400. The van der Waals surface area contributed by atoms with Gasteiger partial charge >= 0.3 is 11.9 Å². The van der Waals surface area contributed by atoms with Crippen molar-refractivity contribution in [1.82, 2.24) is 0 Å². The molecule has 0 N–H and O–H groups in total. The maximum atomic E-state index is 12.2. The van der Waals surface area contributed by atoms with Crippen LogP contribution in [-0.2, 0) is 14.3 Å². The smallest absolute Gasteiger partial charge is 0.311 e. The van der Waals surface area contributed by atoms with Crippen LogP contribution in [0.1, 0.15) is 40.0 Å². The predicted molar refractivity (Wildman–Crippen MR) is 104 cm³/mol. The second-order valence-electron chi connectivity index (χ2n) is 6.37. The standard InChI is InChI=1S/C20H22Cl2O4/c1-4-17(12(2)3)25-18(23)9-10-19(24)26-20-14-8-6-5-7-13(14)15(21)11-16(20)22/h5-8,11-12,17H,4,9-10H2,1-3H3. The second-order valence-corrected chi connectivity index (χ2v) is 7.18. The molecule has 0 amide bonds. The van der Waals surface area contributed by atoms with E-state index in [9.17, 15) is 9.59 Å². The van der Waals surface area contributed by atoms with E-state index in [1.807, 2.05) is 32.9 Å². The van der Waals surface area contributed by atoms with Gasteiger partial charge in [0.15, 0.2) is 5.75 Å². The Morgan fingerprint density at radius 2 is 1.62 bits per heavy atom. The molecule has 0 radical (unpaired) electrons. The molecule has 0 bridgehead atoms. The van der Waals surface area contributed by atoms with Crippen molar-refractivity contribution in [3.8, 4) is 5.75 Å². The highest BCUT2D eigenvalue weighted by Gasteiger charge is 2.19. The summed E-state index contributed by atoms with van der Waals surface area (Å²) in [7, 11) is 0. The average molecular weight is 397 g/mol. The molecule has 0 aliphatic heterocycles. The number of fused-ring (bicyclic) bond motifs is 1. The van der Waals surface area contributed by atoms with Crippen molar-refractivity contribution >= 4 is 45.9 Å². The molecule has 0 saturated heterocycles. The van der Waals surface area contributed by atoms with E-state index >= 15 is 0 Å². The van der Waals surface area contributed by atoms with E-state index in [1.165, 1.54) is 6.07 Å². The van der Waals surface area contributed by atoms with Crippen LogP contribution >= 0.6 is 23.2 Å². The Labute approximate surface area is 163 Å². The topological polar surface area (TPSA) is 52.6 Å². The number of esters is 2. The van der Waals surface area contributed by atoms with Gasteiger partial charge in [0.05, 0.1) is 22.9 Å². The summed E-state index contributed by atoms with van der Waals surface area (Å²) >= 11 is 12.4. The first-order chi connectivity index (χ1) is 12.3. The van der Waals surface area contributed by atoms with Gasteiger partial charge in [0.25, 0.3) is 0 Å². The highest BCUT2D eigenvalue weighted by molar-refractivity contribution is 6.40. The highest BCUT2D eigenvalue weighted by Crippen LogP contribution is 2.38. The van der Waals surface area contributed by atoms with Crippen molar-refractivity contribution in [3.63, 3.8) is 0 Å². The van der Waals surface area contributed by atoms with Gasteiger partial charge in [0.2, 0.25) is 0 Å². The Morgan fingerprint density at radius 3 is 2.23 bits per heavy atom. The largest absolute Gasteiger partial charge is 0.462 e. The van der Waals surface area contributed by atoms with E-state index in [0.717, 1.165) is 11.8 Å². The van der Waals surface area contributed by atoms with E-state index in [0.29, 0.717) is 10.4 Å². The predicted octanol–water partition coefficient (Wildman–Crippen LogP) is 5.81. The van der Waals surface area contributed by atoms with E-state index in [4.69, 9.17) is 32.7 Å². The fourth-order valence-electron chi connectivity index (χ4n) is 2.66. The minimum absolute atomic E-state index is 0.0365. The SMILES string of the molecule is CCC(OC(=O)CCC(=O)Oc1c(Cl)cc(Cl)c2ccccc12)C(C)C. The first kappa shape index (κ1) is 20.5. The lowest BCUT2D eigenvalue weighted by Crippen LogP contribution is -2.23. The van der Waals surface area contributed by atoms with Crippen LogP contribution in [0.2, 0.25) is 10.0 Å². The van der Waals surface area contributed by atoms with Gasteiger partial charge in [-0.1, -0.05) is 68.2 Å². The number of halogens is 2. The van der Waals surface area contributed by atoms with Crippen LogP contribution < -0.4 is 4.74 Å². The first-order valence-corrected chi connectivity index (χ1v) is 9.36. The molecule has 0 spiro atoms. The molecule has 0 fully saturated rings. The Balaban J connectivity index is 2.03. The van der Waals surface area contributed by atoms with E-state index in [2.05, 4.69) is 0 Å². The van der Waals surface area contributed by atoms with E-state index in [-0.39, 0.29) is 35.6 Å². The Bertz CT molecular complexity index is 802. The zero-order valence-electron chi connectivity index (χ0n) is 15.1. The van der Waals surface area contributed by atoms with Crippen molar-refractivity contribution in [3.05, 3.63) is 40.4 Å². The lowest BCUT2D eigenvalue weighted by atomic mass is 10.1. The summed E-state index contributed by atoms with van der Waals surface area (Å²) < 4.78 is 10.8. The van der Waals surface area contributed by atoms with Crippen LogP contribution in [0.3, 0.4) is 0 Å². The molecular weight excluding hydrogens is 375 g/mol. The van der Waals surface area contributed by atoms with Gasteiger partial charge in [-0.2, -0.15) is 0 Å². The zero-order valence-corrected chi connectivity index (χ0v) is 16.6. The van der Waals surface area contributed by atoms with Crippen LogP contribution in [0.4, 0.5) is 0 Å². The van der Waals surface area contributed by atoms with Gasteiger partial charge in [0.1, 0.15) is 6.10 Å². The summed E-state index contributed by atoms with van der Waals surface area (Å²) in [5.41, 5.74) is 0. The van der Waals surface area contributed by atoms with Crippen LogP contribution in [0.25, 0.3) is 10.8 Å². The van der Waals surface area contributed by atoms with Gasteiger partial charge in [-0.25, -0.2) is 0 Å². The minimum Gasteiger partial charge on any atom is -0.462 e. The molecule has 6 heteroatoms. The lowest BCUT2D eigenvalue weighted by Gasteiger charge is -2.19. The molecule has 2 aromatic carbocycles. The lowest BCUT2D eigenvalue weighted by molar-refractivity contribution is -0.153. The zero-order chi connectivity index (χ0) is 19.3. The molecule has 26 heavy (non-hydrogen) atoms. The van der Waals surface area contributed by atoms with Crippen LogP contribution in [0.15, 0.2) is 30.3 Å². The van der Waals surface area contributed by atoms with E-state index in [1.54, 1.807) is 12.1 Å². The molecule has 2 rings (SSSR count). The monoisotopic (exact) mass is 396 g/mol. The molecule has 140 valence electrons. The number of hydrogen-bond donors (Lipinski definition) is 0. The third-order valence-electron chi connectivity index (χ3n) is 4.08. The average Bonchev–Trinajstić information content (AvgIpc) is 2.61. The summed E-state index contributed by atoms with van der Waals surface area (Å²) in [6.07, 6.45) is 0.472. The molecule has 0 heterocycles. The Kier molecular flexibility index (Phi) is 7.30. The molecule has 0 saturated carbocycles. The quantitative estimate of drug-likeness (QED) is 0.437. The number of carbonyl (C=O) groups excluding carboxylic acids is 2. The second kappa shape index (κ2) is 9.24. The summed E-state index contributed by atoms with van der Waals surface area (Å²) in [6, 6.07) is 8.78. The molecule has 1 atom stereocenters. The summed E-state index contributed by atoms with van der Waals surface area (Å²) in [4.78, 5) is 24.1. The molecule has 1 unspecified atom stereocenters. The van der Waals surface area contributed by atoms with Crippen LogP contribution in [0, 0.1) is 5.92 Å². The molecule has 0 aliphatic carbocycles. The number of rotatable bonds is 7. The van der Waals surface area contributed by atoms with Gasteiger partial charge in [-0.15, -0.1) is 0 Å². The highest BCUT2D eigenvalue weighted by atomic mass is 35.5. The first-order valence-electron chi connectivity index (χ1n) is 8.60. The molecule has 4 nitrogen and oxygen atoms in total. The number of carbonyl (C=O) groups is 2. The van der Waals surface area contributed by atoms with Crippen molar-refractivity contribution in [2.75, 3.05) is 0 Å². The molecular formula is C20H22Cl2O4. The van der Waals surface area contributed by atoms with Crippen molar-refractivity contribution in [1.29, 1.82) is 0 Å². The van der Waals surface area contributed by atoms with Crippen LogP contribution in [0.5, 0.6) is 5.75 Å². The van der Waals surface area contributed by atoms with Gasteiger partial charge < -0.3 is 9.47 Å². The normalized spacial score (nSPS) is 12.2. The number of ether oxygens (including phenoxy) is 2. The number of hydrogen-bond acceptors (Lipinski definition) is 4. The summed E-state index contributed by atoms with van der Waals surface area (Å²) in [5, 5.41) is 2.11. The minimum atomic E-state index is -0.547. The third-order valence-corrected chi connectivity index (χ3v) is 4.67. The summed E-state index contributed by atoms with van der Waals surface area (Å²) in [5.74, 6) is -0.475. The summed E-state index contributed by atoms with van der Waals surface area (Å²) in [6.45, 7) is 5.94. The molecule has 0 aliphatic rings. The van der Waals surface area contributed by atoms with Crippen LogP contribution in [-0.4, -0.2) is 18.0 Å². The Morgan fingerprint density at radius 1 is 1.00 bits per heavy atom. The molecule has 2 aromatic rings. The van der Waals surface area contributed by atoms with Gasteiger partial charge in [-0.05, 0) is 18.4 Å². The van der Waals surface area contributed by atoms with E-state index < -0.39 is 11.9 Å². The number of benzene rings is 2. The van der Waals surface area contributed by atoms with Gasteiger partial charge in [0, 0.05) is 10.8 Å². The maximum Gasteiger partial charge on any atom is 0.311 e. The molecule has 0 aromatic heterocycles. The van der Waals surface area contributed by atoms with Crippen molar-refractivity contribution in [2.45, 2.75) is 46.1 Å². The van der Waals surface area contributed by atoms with Crippen molar-refractivity contribution < 1.29 is 19.1 Å². The van der Waals surface area contributed by atoms with Gasteiger partial charge in [-0.3, -0.25) is 9.59 Å².